The normalized spacial score (nSPS) is 14.0. The van der Waals surface area contributed by atoms with Gasteiger partial charge >= 0.3 is 6.09 Å². The fourth-order valence-electron chi connectivity index (χ4n) is 1.51. The zero-order valence-corrected chi connectivity index (χ0v) is 10.2. The molecule has 0 bridgehead atoms. The van der Waals surface area contributed by atoms with Gasteiger partial charge in [-0.15, -0.1) is 0 Å². The van der Waals surface area contributed by atoms with Crippen LogP contribution in [0.25, 0.3) is 0 Å². The van der Waals surface area contributed by atoms with Gasteiger partial charge in [0, 0.05) is 5.56 Å². The molecule has 0 saturated heterocycles. The van der Waals surface area contributed by atoms with E-state index < -0.39 is 6.09 Å². The molecular formula is C12H14N2O4. The molecule has 0 aromatic heterocycles. The van der Waals surface area contributed by atoms with Gasteiger partial charge < -0.3 is 14.2 Å². The van der Waals surface area contributed by atoms with Gasteiger partial charge in [0.05, 0.1) is 12.8 Å². The molecule has 1 aromatic rings. The lowest BCUT2D eigenvalue weighted by Crippen LogP contribution is -2.19. The molecule has 0 saturated carbocycles. The Labute approximate surface area is 105 Å². The summed E-state index contributed by atoms with van der Waals surface area (Å²) in [5.74, 6) is 1.41. The minimum atomic E-state index is -0.605. The van der Waals surface area contributed by atoms with Crippen LogP contribution in [0, 0.1) is 0 Å². The highest BCUT2D eigenvalue weighted by Crippen LogP contribution is 2.30. The summed E-state index contributed by atoms with van der Waals surface area (Å²) < 4.78 is 15.3. The quantitative estimate of drug-likeness (QED) is 0.638. The van der Waals surface area contributed by atoms with E-state index in [0.717, 1.165) is 11.3 Å². The average molecular weight is 250 g/mol. The number of nitrogens with zero attached hydrogens (tertiary/aromatic N) is 1. The standard InChI is InChI=1S/C12H14N2O4/c1-8(13-14-12(15)16-2)9-3-4-10-11(7-9)18-6-5-17-10/h3-4,7H,5-6H2,1-2H3,(H,14,15)/b13-8-. The molecule has 6 nitrogen and oxygen atoms in total. The van der Waals surface area contributed by atoms with Crippen LogP contribution in [0.5, 0.6) is 11.5 Å². The van der Waals surface area contributed by atoms with Gasteiger partial charge in [-0.05, 0) is 25.1 Å². The molecule has 0 spiro atoms. The van der Waals surface area contributed by atoms with E-state index in [1.54, 1.807) is 6.92 Å². The molecule has 1 heterocycles. The number of ether oxygens (including phenoxy) is 3. The number of benzene rings is 1. The molecule has 96 valence electrons. The Morgan fingerprint density at radius 1 is 1.33 bits per heavy atom. The fourth-order valence-corrected chi connectivity index (χ4v) is 1.51. The molecule has 2 rings (SSSR count). The molecule has 0 aliphatic carbocycles. The maximum atomic E-state index is 10.9. The topological polar surface area (TPSA) is 69.2 Å². The number of carbonyl (C=O) groups excluding carboxylic acids is 1. The molecule has 0 atom stereocenters. The number of hydrogen-bond acceptors (Lipinski definition) is 5. The molecule has 6 heteroatoms. The lowest BCUT2D eigenvalue weighted by Gasteiger charge is -2.18. The Morgan fingerprint density at radius 3 is 2.78 bits per heavy atom. The number of fused-ring (bicyclic) bond motifs is 1. The van der Waals surface area contributed by atoms with Crippen molar-refractivity contribution < 1.29 is 19.0 Å². The lowest BCUT2D eigenvalue weighted by atomic mass is 10.1. The summed E-state index contributed by atoms with van der Waals surface area (Å²) in [6, 6.07) is 5.50. The molecule has 1 N–H and O–H groups in total. The van der Waals surface area contributed by atoms with E-state index in [2.05, 4.69) is 15.3 Å². The first-order valence-electron chi connectivity index (χ1n) is 5.49. The van der Waals surface area contributed by atoms with Gasteiger partial charge in [0.25, 0.3) is 0 Å². The van der Waals surface area contributed by atoms with Crippen molar-refractivity contribution >= 4 is 11.8 Å². The van der Waals surface area contributed by atoms with Crippen LogP contribution in [-0.2, 0) is 4.74 Å². The maximum Gasteiger partial charge on any atom is 0.427 e. The maximum absolute atomic E-state index is 10.9. The van der Waals surface area contributed by atoms with Crippen LogP contribution in [0.2, 0.25) is 0 Å². The van der Waals surface area contributed by atoms with Gasteiger partial charge in [0.1, 0.15) is 13.2 Å². The Hall–Kier alpha value is -2.24. The number of methoxy groups -OCH3 is 1. The summed E-state index contributed by atoms with van der Waals surface area (Å²) in [4.78, 5) is 10.9. The summed E-state index contributed by atoms with van der Waals surface area (Å²) in [6.07, 6.45) is -0.605. The Bertz CT molecular complexity index is 485. The number of amides is 1. The number of hydrazone groups is 1. The van der Waals surface area contributed by atoms with Gasteiger partial charge in [0.2, 0.25) is 0 Å². The van der Waals surface area contributed by atoms with E-state index in [0.29, 0.717) is 24.7 Å². The van der Waals surface area contributed by atoms with Crippen LogP contribution in [0.1, 0.15) is 12.5 Å². The summed E-state index contributed by atoms with van der Waals surface area (Å²) >= 11 is 0. The third-order valence-electron chi connectivity index (χ3n) is 2.46. The van der Waals surface area contributed by atoms with Crippen molar-refractivity contribution in [1.82, 2.24) is 5.43 Å². The van der Waals surface area contributed by atoms with Crippen LogP contribution in [0.3, 0.4) is 0 Å². The zero-order chi connectivity index (χ0) is 13.0. The number of nitrogens with one attached hydrogen (secondary N) is 1. The average Bonchev–Trinajstić information content (AvgIpc) is 2.43. The molecular weight excluding hydrogens is 236 g/mol. The molecule has 1 amide bonds. The van der Waals surface area contributed by atoms with Crippen molar-refractivity contribution in [2.75, 3.05) is 20.3 Å². The van der Waals surface area contributed by atoms with Crippen molar-refractivity contribution in [3.8, 4) is 11.5 Å². The molecule has 1 aromatic carbocycles. The largest absolute Gasteiger partial charge is 0.486 e. The molecule has 0 unspecified atom stereocenters. The predicted molar refractivity (Wildman–Crippen MR) is 65.2 cm³/mol. The fraction of sp³-hybridized carbons (Fsp3) is 0.333. The van der Waals surface area contributed by atoms with E-state index in [-0.39, 0.29) is 0 Å². The van der Waals surface area contributed by atoms with Gasteiger partial charge in [-0.25, -0.2) is 10.2 Å². The van der Waals surface area contributed by atoms with Crippen LogP contribution < -0.4 is 14.9 Å². The van der Waals surface area contributed by atoms with Crippen LogP contribution >= 0.6 is 0 Å². The van der Waals surface area contributed by atoms with Crippen molar-refractivity contribution in [3.05, 3.63) is 23.8 Å². The smallest absolute Gasteiger partial charge is 0.427 e. The summed E-state index contributed by atoms with van der Waals surface area (Å²) in [7, 11) is 1.28. The molecule has 1 aliphatic heterocycles. The SMILES string of the molecule is COC(=O)N/N=C(/C)c1ccc2c(c1)OCCO2. The van der Waals surface area contributed by atoms with Gasteiger partial charge in [-0.2, -0.15) is 5.10 Å². The first-order valence-corrected chi connectivity index (χ1v) is 5.49. The van der Waals surface area contributed by atoms with E-state index in [9.17, 15) is 4.79 Å². The third kappa shape index (κ3) is 2.71. The number of rotatable bonds is 2. The van der Waals surface area contributed by atoms with E-state index in [1.807, 2.05) is 18.2 Å². The van der Waals surface area contributed by atoms with Crippen molar-refractivity contribution in [2.45, 2.75) is 6.92 Å². The molecule has 18 heavy (non-hydrogen) atoms. The monoisotopic (exact) mass is 250 g/mol. The summed E-state index contributed by atoms with van der Waals surface area (Å²) in [6.45, 7) is 2.87. The van der Waals surface area contributed by atoms with E-state index in [1.165, 1.54) is 7.11 Å². The Kier molecular flexibility index (Phi) is 3.66. The minimum absolute atomic E-state index is 0.535. The number of hydrogen-bond donors (Lipinski definition) is 1. The molecule has 0 radical (unpaired) electrons. The van der Waals surface area contributed by atoms with E-state index >= 15 is 0 Å². The second-order valence-corrected chi connectivity index (χ2v) is 3.66. The van der Waals surface area contributed by atoms with Gasteiger partial charge in [-0.1, -0.05) is 0 Å². The molecule has 0 fully saturated rings. The highest BCUT2D eigenvalue weighted by Gasteiger charge is 2.12. The molecule has 1 aliphatic rings. The highest BCUT2D eigenvalue weighted by molar-refractivity contribution is 5.99. The minimum Gasteiger partial charge on any atom is -0.486 e. The highest BCUT2D eigenvalue weighted by atomic mass is 16.6. The lowest BCUT2D eigenvalue weighted by molar-refractivity contribution is 0.171. The van der Waals surface area contributed by atoms with Crippen molar-refractivity contribution in [1.29, 1.82) is 0 Å². The summed E-state index contributed by atoms with van der Waals surface area (Å²) in [5.41, 5.74) is 3.76. The van der Waals surface area contributed by atoms with Crippen molar-refractivity contribution in [2.24, 2.45) is 5.10 Å². The van der Waals surface area contributed by atoms with Gasteiger partial charge in [-0.3, -0.25) is 0 Å². The third-order valence-corrected chi connectivity index (χ3v) is 2.46. The van der Waals surface area contributed by atoms with Crippen LogP contribution in [-0.4, -0.2) is 32.1 Å². The van der Waals surface area contributed by atoms with Gasteiger partial charge in [0.15, 0.2) is 11.5 Å². The van der Waals surface area contributed by atoms with Crippen LogP contribution in [0.4, 0.5) is 4.79 Å². The zero-order valence-electron chi connectivity index (χ0n) is 10.2. The van der Waals surface area contributed by atoms with E-state index in [4.69, 9.17) is 9.47 Å². The first-order chi connectivity index (χ1) is 8.70. The predicted octanol–water partition coefficient (Wildman–Crippen LogP) is 1.54. The second-order valence-electron chi connectivity index (χ2n) is 3.66. The first kappa shape index (κ1) is 12.2. The van der Waals surface area contributed by atoms with Crippen LogP contribution in [0.15, 0.2) is 23.3 Å². The summed E-state index contributed by atoms with van der Waals surface area (Å²) in [5, 5.41) is 3.91. The Balaban J connectivity index is 2.15. The number of carbonyl (C=O) groups is 1. The Morgan fingerprint density at radius 2 is 2.06 bits per heavy atom. The second kappa shape index (κ2) is 5.39. The van der Waals surface area contributed by atoms with Crippen molar-refractivity contribution in [3.63, 3.8) is 0 Å².